The van der Waals surface area contributed by atoms with Gasteiger partial charge in [0.2, 0.25) is 11.8 Å². The summed E-state index contributed by atoms with van der Waals surface area (Å²) in [7, 11) is 0. The highest BCUT2D eigenvalue weighted by atomic mass is 16.5. The molecule has 0 spiro atoms. The second kappa shape index (κ2) is 4.65. The van der Waals surface area contributed by atoms with E-state index >= 15 is 0 Å². The minimum Gasteiger partial charge on any atom is -0.478 e. The smallest absolute Gasteiger partial charge is 0.337 e. The van der Waals surface area contributed by atoms with Gasteiger partial charge in [-0.3, -0.25) is 0 Å². The molecule has 17 heavy (non-hydrogen) atoms. The molecule has 0 aliphatic rings. The number of rotatable bonds is 4. The van der Waals surface area contributed by atoms with E-state index in [1.54, 1.807) is 13.1 Å². The van der Waals surface area contributed by atoms with Gasteiger partial charge in [-0.1, -0.05) is 0 Å². The van der Waals surface area contributed by atoms with E-state index < -0.39 is 5.97 Å². The molecule has 0 aromatic carbocycles. The SMILES string of the molecule is Cc1cnc(COc2ccc(C(=O)O)cn2)o1. The van der Waals surface area contributed by atoms with Gasteiger partial charge in [0.25, 0.3) is 0 Å². The number of oxazole rings is 1. The summed E-state index contributed by atoms with van der Waals surface area (Å²) in [5.41, 5.74) is 0.115. The Hall–Kier alpha value is -2.37. The molecule has 6 nitrogen and oxygen atoms in total. The van der Waals surface area contributed by atoms with E-state index in [-0.39, 0.29) is 12.2 Å². The summed E-state index contributed by atoms with van der Waals surface area (Å²) < 4.78 is 10.5. The Morgan fingerprint density at radius 1 is 1.41 bits per heavy atom. The van der Waals surface area contributed by atoms with Crippen molar-refractivity contribution in [3.8, 4) is 5.88 Å². The summed E-state index contributed by atoms with van der Waals surface area (Å²) in [6.07, 6.45) is 2.83. The van der Waals surface area contributed by atoms with Crippen LogP contribution in [0.3, 0.4) is 0 Å². The normalized spacial score (nSPS) is 10.2. The molecule has 2 aromatic heterocycles. The molecule has 0 bridgehead atoms. The Morgan fingerprint density at radius 3 is 2.76 bits per heavy atom. The van der Waals surface area contributed by atoms with Crippen molar-refractivity contribution in [2.45, 2.75) is 13.5 Å². The van der Waals surface area contributed by atoms with E-state index in [4.69, 9.17) is 14.3 Å². The number of hydrogen-bond donors (Lipinski definition) is 1. The number of pyridine rings is 1. The molecule has 2 aromatic rings. The zero-order valence-electron chi connectivity index (χ0n) is 9.08. The summed E-state index contributed by atoms with van der Waals surface area (Å²) in [5, 5.41) is 8.68. The van der Waals surface area contributed by atoms with Crippen LogP contribution in [-0.4, -0.2) is 21.0 Å². The molecular weight excluding hydrogens is 224 g/mol. The fourth-order valence-corrected chi connectivity index (χ4v) is 1.20. The van der Waals surface area contributed by atoms with Gasteiger partial charge in [0, 0.05) is 12.3 Å². The molecule has 2 heterocycles. The van der Waals surface area contributed by atoms with Crippen LogP contribution in [0.15, 0.2) is 28.9 Å². The van der Waals surface area contributed by atoms with Crippen LogP contribution < -0.4 is 4.74 Å². The summed E-state index contributed by atoms with van der Waals surface area (Å²) in [5.74, 6) is 0.461. The van der Waals surface area contributed by atoms with Crippen LogP contribution in [-0.2, 0) is 6.61 Å². The average Bonchev–Trinajstić information content (AvgIpc) is 2.73. The molecule has 0 saturated heterocycles. The second-order valence-electron chi connectivity index (χ2n) is 3.34. The van der Waals surface area contributed by atoms with Crippen molar-refractivity contribution in [1.29, 1.82) is 0 Å². The van der Waals surface area contributed by atoms with Gasteiger partial charge >= 0.3 is 5.97 Å². The van der Waals surface area contributed by atoms with E-state index in [2.05, 4.69) is 9.97 Å². The Bertz CT molecular complexity index is 519. The number of carboxylic acids is 1. The van der Waals surface area contributed by atoms with Crippen LogP contribution in [0.2, 0.25) is 0 Å². The summed E-state index contributed by atoms with van der Waals surface area (Å²) in [6.45, 7) is 1.95. The zero-order chi connectivity index (χ0) is 12.3. The van der Waals surface area contributed by atoms with Gasteiger partial charge in [0.1, 0.15) is 5.76 Å². The van der Waals surface area contributed by atoms with Crippen LogP contribution >= 0.6 is 0 Å². The molecule has 2 rings (SSSR count). The Labute approximate surface area is 96.9 Å². The third kappa shape index (κ3) is 2.81. The molecular formula is C11H10N2O4. The molecule has 0 aliphatic heterocycles. The predicted molar refractivity (Wildman–Crippen MR) is 56.8 cm³/mol. The molecule has 0 amide bonds. The number of ether oxygens (including phenoxy) is 1. The lowest BCUT2D eigenvalue weighted by Gasteiger charge is -2.02. The van der Waals surface area contributed by atoms with Crippen molar-refractivity contribution in [3.05, 3.63) is 41.7 Å². The first-order chi connectivity index (χ1) is 8.15. The van der Waals surface area contributed by atoms with Crippen LogP contribution in [0.4, 0.5) is 0 Å². The van der Waals surface area contributed by atoms with Crippen molar-refractivity contribution >= 4 is 5.97 Å². The lowest BCUT2D eigenvalue weighted by Crippen LogP contribution is -2.00. The van der Waals surface area contributed by atoms with E-state index in [1.807, 2.05) is 0 Å². The van der Waals surface area contributed by atoms with E-state index in [0.29, 0.717) is 17.5 Å². The van der Waals surface area contributed by atoms with Gasteiger partial charge < -0.3 is 14.3 Å². The van der Waals surface area contributed by atoms with Crippen LogP contribution in [0, 0.1) is 6.92 Å². The Balaban J connectivity index is 1.97. The van der Waals surface area contributed by atoms with E-state index in [9.17, 15) is 4.79 Å². The van der Waals surface area contributed by atoms with Crippen molar-refractivity contribution < 1.29 is 19.1 Å². The number of nitrogens with zero attached hydrogens (tertiary/aromatic N) is 2. The Kier molecular flexibility index (Phi) is 3.04. The third-order valence-electron chi connectivity index (χ3n) is 2.00. The highest BCUT2D eigenvalue weighted by Gasteiger charge is 2.05. The quantitative estimate of drug-likeness (QED) is 0.865. The second-order valence-corrected chi connectivity index (χ2v) is 3.34. The number of hydrogen-bond acceptors (Lipinski definition) is 5. The van der Waals surface area contributed by atoms with Crippen molar-refractivity contribution in [2.24, 2.45) is 0 Å². The van der Waals surface area contributed by atoms with Crippen LogP contribution in [0.5, 0.6) is 5.88 Å². The number of carboxylic acid groups (broad SMARTS) is 1. The van der Waals surface area contributed by atoms with Gasteiger partial charge in [-0.15, -0.1) is 0 Å². The highest BCUT2D eigenvalue weighted by molar-refractivity contribution is 5.87. The average molecular weight is 234 g/mol. The zero-order valence-corrected chi connectivity index (χ0v) is 9.08. The summed E-state index contributed by atoms with van der Waals surface area (Å²) in [4.78, 5) is 18.4. The van der Waals surface area contributed by atoms with Gasteiger partial charge in [0.05, 0.1) is 11.8 Å². The number of aromatic nitrogens is 2. The third-order valence-corrected chi connectivity index (χ3v) is 2.00. The largest absolute Gasteiger partial charge is 0.478 e. The maximum absolute atomic E-state index is 10.6. The van der Waals surface area contributed by atoms with Gasteiger partial charge in [-0.05, 0) is 13.0 Å². The van der Waals surface area contributed by atoms with Crippen molar-refractivity contribution in [1.82, 2.24) is 9.97 Å². The van der Waals surface area contributed by atoms with Crippen LogP contribution in [0.1, 0.15) is 22.0 Å². The van der Waals surface area contributed by atoms with Gasteiger partial charge in [-0.25, -0.2) is 14.8 Å². The minimum absolute atomic E-state index is 0.115. The topological polar surface area (TPSA) is 85.5 Å². The predicted octanol–water partition coefficient (Wildman–Crippen LogP) is 1.66. The minimum atomic E-state index is -1.02. The van der Waals surface area contributed by atoms with E-state index in [0.717, 1.165) is 0 Å². The Morgan fingerprint density at radius 2 is 2.24 bits per heavy atom. The first kappa shape index (κ1) is 11.1. The lowest BCUT2D eigenvalue weighted by atomic mass is 10.3. The molecule has 0 atom stereocenters. The molecule has 0 aliphatic carbocycles. The first-order valence-electron chi connectivity index (χ1n) is 4.88. The fourth-order valence-electron chi connectivity index (χ4n) is 1.20. The number of aromatic carboxylic acids is 1. The van der Waals surface area contributed by atoms with Gasteiger partial charge in [0.15, 0.2) is 6.61 Å². The standard InChI is InChI=1S/C11H10N2O4/c1-7-4-12-10(17-7)6-16-9-3-2-8(5-13-9)11(14)15/h2-5H,6H2,1H3,(H,14,15). The molecule has 0 fully saturated rings. The number of carbonyl (C=O) groups is 1. The molecule has 0 saturated carbocycles. The molecule has 6 heteroatoms. The maximum atomic E-state index is 10.6. The highest BCUT2D eigenvalue weighted by Crippen LogP contribution is 2.10. The van der Waals surface area contributed by atoms with E-state index in [1.165, 1.54) is 18.3 Å². The first-order valence-corrected chi connectivity index (χ1v) is 4.88. The number of aryl methyl sites for hydroxylation is 1. The van der Waals surface area contributed by atoms with Crippen LogP contribution in [0.25, 0.3) is 0 Å². The summed E-state index contributed by atoms with van der Waals surface area (Å²) >= 11 is 0. The van der Waals surface area contributed by atoms with Gasteiger partial charge in [-0.2, -0.15) is 0 Å². The maximum Gasteiger partial charge on any atom is 0.337 e. The van der Waals surface area contributed by atoms with Crippen molar-refractivity contribution in [2.75, 3.05) is 0 Å². The lowest BCUT2D eigenvalue weighted by molar-refractivity contribution is 0.0696. The fraction of sp³-hybridized carbons (Fsp3) is 0.182. The van der Waals surface area contributed by atoms with Crippen molar-refractivity contribution in [3.63, 3.8) is 0 Å². The molecule has 1 N–H and O–H groups in total. The monoisotopic (exact) mass is 234 g/mol. The molecule has 0 unspecified atom stereocenters. The molecule has 0 radical (unpaired) electrons. The molecule has 88 valence electrons. The summed E-state index contributed by atoms with van der Waals surface area (Å²) in [6, 6.07) is 2.91.